The number of nitriles is 1. The maximum Gasteiger partial charge on any atom is 0.164 e. The second kappa shape index (κ2) is 15.6. The van der Waals surface area contributed by atoms with E-state index >= 15 is 0 Å². The van der Waals surface area contributed by atoms with Gasteiger partial charge in [-0.1, -0.05) is 119 Å². The lowest BCUT2D eigenvalue weighted by molar-refractivity contribution is 0.0779. The Balaban J connectivity index is 1.09. The molecule has 1 aromatic heterocycles. The largest absolute Gasteiger partial charge is 0.208 e. The van der Waals surface area contributed by atoms with Crippen LogP contribution in [0.2, 0.25) is 0 Å². The maximum absolute atomic E-state index is 9.53. The van der Waals surface area contributed by atoms with Gasteiger partial charge in [0.05, 0.1) is 11.6 Å². The molecule has 0 N–H and O–H groups in total. The Morgan fingerprint density at radius 1 is 0.417 bits per heavy atom. The molecule has 0 spiro atoms. The van der Waals surface area contributed by atoms with E-state index in [2.05, 4.69) is 131 Å². The normalized spacial score (nSPS) is 28.4. The van der Waals surface area contributed by atoms with Gasteiger partial charge in [-0.2, -0.15) is 5.26 Å². The number of nitrogens with zero attached hydrogens (tertiary/aromatic N) is 4. The van der Waals surface area contributed by atoms with E-state index < -0.39 is 0 Å². The van der Waals surface area contributed by atoms with Crippen molar-refractivity contribution >= 4 is 0 Å². The SMILES string of the molecule is C[C@@H]1CC2C[C@H](C)CC(c3ccc(-c4nc(-c5ccc(C67CC(C[C@@H](C)C6)C[C@H](C)C7)cc5)nc(-c5cc(-c6ccccc6)cc(-c6ccc(C#N)cc6)c5)n4)cc3)(C2)C1. The van der Waals surface area contributed by atoms with Crippen LogP contribution in [0.1, 0.15) is 109 Å². The molecule has 6 aromatic rings. The van der Waals surface area contributed by atoms with Gasteiger partial charge < -0.3 is 0 Å². The summed E-state index contributed by atoms with van der Waals surface area (Å²) in [6, 6.07) is 45.9. The van der Waals surface area contributed by atoms with Crippen molar-refractivity contribution in [2.75, 3.05) is 0 Å². The first-order chi connectivity index (χ1) is 29.1. The Morgan fingerprint density at radius 3 is 1.20 bits per heavy atom. The van der Waals surface area contributed by atoms with Gasteiger partial charge in [-0.25, -0.2) is 15.0 Å². The topological polar surface area (TPSA) is 62.5 Å². The molecule has 0 radical (unpaired) electrons. The standard InChI is InChI=1S/C56H58N4/c1-36-22-41-23-37(2)30-55(29-36,33-41)50-18-14-45(15-19-50)52-58-53(46-16-20-51(21-17-46)56-31-38(3)24-42(34-56)25-39(4)32-56)60-54(59-52)49-27-47(43-8-6-5-7-9-43)26-48(28-49)44-12-10-40(35-57)11-13-44/h5-21,26-28,36-39,41-42H,22-25,29-34H2,1-4H3/t36-,37+,38-,39+,41?,42?,55?,56?. The van der Waals surface area contributed by atoms with Crippen LogP contribution in [-0.2, 0) is 10.8 Å². The summed E-state index contributed by atoms with van der Waals surface area (Å²) in [4.78, 5) is 15.9. The molecule has 4 nitrogen and oxygen atoms in total. The van der Waals surface area contributed by atoms with Crippen LogP contribution >= 0.6 is 0 Å². The van der Waals surface area contributed by atoms with Crippen LogP contribution in [0.5, 0.6) is 0 Å². The summed E-state index contributed by atoms with van der Waals surface area (Å²) in [5.74, 6) is 6.78. The molecule has 8 atom stereocenters. The van der Waals surface area contributed by atoms with Crippen molar-refractivity contribution in [2.24, 2.45) is 35.5 Å². The third kappa shape index (κ3) is 7.51. The Bertz CT molecular complexity index is 2390. The fourth-order valence-corrected chi connectivity index (χ4v) is 13.3. The summed E-state index contributed by atoms with van der Waals surface area (Å²) >= 11 is 0. The first-order valence-electron chi connectivity index (χ1n) is 22.8. The summed E-state index contributed by atoms with van der Waals surface area (Å²) in [5.41, 5.74) is 11.4. The van der Waals surface area contributed by atoms with Crippen molar-refractivity contribution in [1.82, 2.24) is 15.0 Å². The number of rotatable bonds is 7. The van der Waals surface area contributed by atoms with Gasteiger partial charge in [0.15, 0.2) is 17.5 Å². The van der Waals surface area contributed by atoms with Gasteiger partial charge in [0.1, 0.15) is 0 Å². The minimum atomic E-state index is 0.265. The number of aromatic nitrogens is 3. The number of hydrogen-bond acceptors (Lipinski definition) is 4. The zero-order valence-electron chi connectivity index (χ0n) is 35.9. The molecular formula is C56H58N4. The third-order valence-corrected chi connectivity index (χ3v) is 15.1. The van der Waals surface area contributed by atoms with E-state index in [0.717, 1.165) is 74.5 Å². The van der Waals surface area contributed by atoms with Crippen LogP contribution in [0.3, 0.4) is 0 Å². The van der Waals surface area contributed by atoms with E-state index in [4.69, 9.17) is 15.0 Å². The molecule has 60 heavy (non-hydrogen) atoms. The van der Waals surface area contributed by atoms with Crippen LogP contribution in [0, 0.1) is 46.8 Å². The van der Waals surface area contributed by atoms with Gasteiger partial charge in [-0.15, -0.1) is 0 Å². The molecular weight excluding hydrogens is 729 g/mol. The fourth-order valence-electron chi connectivity index (χ4n) is 13.3. The van der Waals surface area contributed by atoms with Crippen molar-refractivity contribution in [3.05, 3.63) is 138 Å². The highest BCUT2D eigenvalue weighted by Crippen LogP contribution is 2.55. The molecule has 4 saturated carbocycles. The smallest absolute Gasteiger partial charge is 0.164 e. The van der Waals surface area contributed by atoms with Crippen molar-refractivity contribution in [3.63, 3.8) is 0 Å². The lowest BCUT2D eigenvalue weighted by Crippen LogP contribution is -2.42. The number of fused-ring (bicyclic) bond motifs is 4. The van der Waals surface area contributed by atoms with E-state index in [-0.39, 0.29) is 10.8 Å². The number of hydrogen-bond donors (Lipinski definition) is 0. The molecule has 302 valence electrons. The van der Waals surface area contributed by atoms with Crippen LogP contribution in [0.4, 0.5) is 0 Å². The van der Waals surface area contributed by atoms with Crippen molar-refractivity contribution < 1.29 is 0 Å². The van der Waals surface area contributed by atoms with Crippen LogP contribution in [0.25, 0.3) is 56.4 Å². The molecule has 1 heterocycles. The first kappa shape index (κ1) is 38.8. The average molecular weight is 787 g/mol. The van der Waals surface area contributed by atoms with Crippen molar-refractivity contribution in [2.45, 2.75) is 103 Å². The van der Waals surface area contributed by atoms with Gasteiger partial charge >= 0.3 is 0 Å². The monoisotopic (exact) mass is 786 g/mol. The Kier molecular flexibility index (Phi) is 10.1. The molecule has 0 amide bonds. The quantitative estimate of drug-likeness (QED) is 0.162. The van der Waals surface area contributed by atoms with Crippen LogP contribution in [-0.4, -0.2) is 15.0 Å². The molecule has 10 rings (SSSR count). The minimum Gasteiger partial charge on any atom is -0.208 e. The number of benzene rings is 5. The molecule has 4 heteroatoms. The molecule has 4 bridgehead atoms. The maximum atomic E-state index is 9.53. The van der Waals surface area contributed by atoms with Crippen LogP contribution in [0.15, 0.2) is 121 Å². The van der Waals surface area contributed by atoms with Gasteiger partial charge in [0, 0.05) is 16.7 Å². The summed E-state index contributed by atoms with van der Waals surface area (Å²) in [6.45, 7) is 9.86. The van der Waals surface area contributed by atoms with Crippen molar-refractivity contribution in [1.29, 1.82) is 5.26 Å². The lowest BCUT2D eigenvalue weighted by atomic mass is 9.54. The summed E-state index contributed by atoms with van der Waals surface area (Å²) in [5, 5.41) is 9.53. The van der Waals surface area contributed by atoms with Gasteiger partial charge in [0.25, 0.3) is 0 Å². The van der Waals surface area contributed by atoms with E-state index in [1.807, 2.05) is 24.3 Å². The fraction of sp³-hybridized carbons (Fsp3) is 0.393. The Labute approximate surface area is 357 Å². The molecule has 0 aliphatic heterocycles. The predicted molar refractivity (Wildman–Crippen MR) is 245 cm³/mol. The minimum absolute atomic E-state index is 0.265. The predicted octanol–water partition coefficient (Wildman–Crippen LogP) is 14.3. The van der Waals surface area contributed by atoms with E-state index in [1.54, 1.807) is 0 Å². The highest BCUT2D eigenvalue weighted by Gasteiger charge is 2.46. The first-order valence-corrected chi connectivity index (χ1v) is 22.8. The van der Waals surface area contributed by atoms with Gasteiger partial charge in [-0.05, 0) is 174 Å². The summed E-state index contributed by atoms with van der Waals surface area (Å²) in [7, 11) is 0. The molecule has 4 aliphatic rings. The van der Waals surface area contributed by atoms with E-state index in [1.165, 1.54) is 75.3 Å². The average Bonchev–Trinajstić information content (AvgIpc) is 3.25. The second-order valence-electron chi connectivity index (χ2n) is 20.2. The zero-order valence-corrected chi connectivity index (χ0v) is 35.9. The zero-order chi connectivity index (χ0) is 41.0. The van der Waals surface area contributed by atoms with Crippen molar-refractivity contribution in [3.8, 4) is 62.5 Å². The Hall–Kier alpha value is -5.40. The molecule has 4 unspecified atom stereocenters. The summed E-state index contributed by atoms with van der Waals surface area (Å²) < 4.78 is 0. The molecule has 4 fully saturated rings. The van der Waals surface area contributed by atoms with Crippen LogP contribution < -0.4 is 0 Å². The lowest BCUT2D eigenvalue weighted by Gasteiger charge is -2.50. The third-order valence-electron chi connectivity index (χ3n) is 15.1. The molecule has 4 aliphatic carbocycles. The van der Waals surface area contributed by atoms with E-state index in [0.29, 0.717) is 23.0 Å². The van der Waals surface area contributed by atoms with E-state index in [9.17, 15) is 5.26 Å². The molecule has 5 aromatic carbocycles. The Morgan fingerprint density at radius 2 is 0.783 bits per heavy atom. The molecule has 0 saturated heterocycles. The highest BCUT2D eigenvalue weighted by molar-refractivity contribution is 5.80. The highest BCUT2D eigenvalue weighted by atomic mass is 15.0. The van der Waals surface area contributed by atoms with Gasteiger partial charge in [0.2, 0.25) is 0 Å². The van der Waals surface area contributed by atoms with Gasteiger partial charge in [-0.3, -0.25) is 0 Å². The second-order valence-corrected chi connectivity index (χ2v) is 20.2. The summed E-state index contributed by atoms with van der Waals surface area (Å²) in [6.07, 6.45) is 13.3.